The number of aryl methyl sites for hydroxylation is 2. The molecule has 1 heterocycles. The molecule has 4 rings (SSSR count). The van der Waals surface area contributed by atoms with E-state index in [1.165, 1.54) is 12.1 Å². The first-order valence-corrected chi connectivity index (χ1v) is 10.7. The minimum Gasteiger partial charge on any atom is -0.342 e. The Morgan fingerprint density at radius 2 is 1.71 bits per heavy atom. The summed E-state index contributed by atoms with van der Waals surface area (Å²) in [6.45, 7) is 0. The number of aromatic amines is 1. The first-order valence-electron chi connectivity index (χ1n) is 8.81. The molecule has 0 unspecified atom stereocenters. The summed E-state index contributed by atoms with van der Waals surface area (Å²) in [5.41, 5.74) is 3.37. The highest BCUT2D eigenvalue weighted by Crippen LogP contribution is 2.23. The Morgan fingerprint density at radius 1 is 0.929 bits per heavy atom. The van der Waals surface area contributed by atoms with Crippen molar-refractivity contribution in [1.29, 1.82) is 0 Å². The van der Waals surface area contributed by atoms with E-state index in [9.17, 15) is 8.42 Å². The van der Waals surface area contributed by atoms with Crippen LogP contribution in [0.25, 0.3) is 11.0 Å². The second-order valence-corrected chi connectivity index (χ2v) is 8.54. The van der Waals surface area contributed by atoms with Gasteiger partial charge in [-0.1, -0.05) is 48.0 Å². The van der Waals surface area contributed by atoms with Crippen molar-refractivity contribution in [2.24, 2.45) is 0 Å². The summed E-state index contributed by atoms with van der Waals surface area (Å²) in [5, 5.41) is 0.376. The summed E-state index contributed by atoms with van der Waals surface area (Å²) in [7, 11) is -3.72. The van der Waals surface area contributed by atoms with E-state index in [0.717, 1.165) is 22.4 Å². The van der Waals surface area contributed by atoms with E-state index in [4.69, 9.17) is 11.6 Å². The van der Waals surface area contributed by atoms with Gasteiger partial charge in [0.05, 0.1) is 21.6 Å². The Labute approximate surface area is 168 Å². The van der Waals surface area contributed by atoms with Crippen molar-refractivity contribution in [1.82, 2.24) is 9.97 Å². The zero-order valence-corrected chi connectivity index (χ0v) is 16.5. The predicted molar refractivity (Wildman–Crippen MR) is 112 cm³/mol. The highest BCUT2D eigenvalue weighted by Gasteiger charge is 2.16. The molecule has 7 heteroatoms. The molecule has 28 heavy (non-hydrogen) atoms. The number of aromatic nitrogens is 2. The standard InChI is InChI=1S/C21H18ClN3O2S/c22-16-7-5-8-17(14-16)28(26,27)25-18-9-2-1-6-15(18)12-13-21-23-19-10-3-4-11-20(19)24-21/h1-11,14,25H,12-13H2,(H,23,24). The number of benzene rings is 3. The van der Waals surface area contributed by atoms with Gasteiger partial charge in [0.1, 0.15) is 5.82 Å². The van der Waals surface area contributed by atoms with Gasteiger partial charge in [-0.05, 0) is 48.4 Å². The third-order valence-corrected chi connectivity index (χ3v) is 6.04. The summed E-state index contributed by atoms with van der Waals surface area (Å²) in [4.78, 5) is 8.01. The lowest BCUT2D eigenvalue weighted by Gasteiger charge is -2.12. The molecule has 4 aromatic rings. The molecule has 0 spiro atoms. The van der Waals surface area contributed by atoms with Gasteiger partial charge < -0.3 is 4.98 Å². The van der Waals surface area contributed by atoms with Crippen molar-refractivity contribution in [3.8, 4) is 0 Å². The molecule has 0 aliphatic carbocycles. The van der Waals surface area contributed by atoms with Gasteiger partial charge in [0.2, 0.25) is 0 Å². The Bertz CT molecular complexity index is 1200. The van der Waals surface area contributed by atoms with Crippen LogP contribution in [-0.4, -0.2) is 18.4 Å². The van der Waals surface area contributed by atoms with E-state index < -0.39 is 10.0 Å². The molecule has 0 amide bonds. The fraction of sp³-hybridized carbons (Fsp3) is 0.0952. The van der Waals surface area contributed by atoms with E-state index in [-0.39, 0.29) is 4.90 Å². The molecule has 2 N–H and O–H groups in total. The Hall–Kier alpha value is -2.83. The van der Waals surface area contributed by atoms with Gasteiger partial charge in [-0.15, -0.1) is 0 Å². The first kappa shape index (κ1) is 18.5. The summed E-state index contributed by atoms with van der Waals surface area (Å²) in [6.07, 6.45) is 1.32. The normalized spacial score (nSPS) is 11.6. The molecular formula is C21H18ClN3O2S. The highest BCUT2D eigenvalue weighted by atomic mass is 35.5. The number of imidazole rings is 1. The van der Waals surface area contributed by atoms with Gasteiger partial charge in [0, 0.05) is 11.4 Å². The molecule has 3 aromatic carbocycles. The molecule has 0 aliphatic rings. The summed E-state index contributed by atoms with van der Waals surface area (Å²) in [6, 6.07) is 21.4. The second-order valence-electron chi connectivity index (χ2n) is 6.42. The van der Waals surface area contributed by atoms with Crippen LogP contribution in [0.2, 0.25) is 5.02 Å². The van der Waals surface area contributed by atoms with E-state index >= 15 is 0 Å². The van der Waals surface area contributed by atoms with Gasteiger partial charge in [-0.25, -0.2) is 13.4 Å². The number of fused-ring (bicyclic) bond motifs is 1. The molecule has 0 fully saturated rings. The molecule has 0 saturated heterocycles. The van der Waals surface area contributed by atoms with Crippen LogP contribution >= 0.6 is 11.6 Å². The lowest BCUT2D eigenvalue weighted by Crippen LogP contribution is -2.14. The topological polar surface area (TPSA) is 74.8 Å². The van der Waals surface area contributed by atoms with Gasteiger partial charge in [-0.2, -0.15) is 0 Å². The summed E-state index contributed by atoms with van der Waals surface area (Å²) in [5.74, 6) is 0.869. The van der Waals surface area contributed by atoms with Crippen molar-refractivity contribution >= 4 is 38.3 Å². The maximum Gasteiger partial charge on any atom is 0.261 e. The average Bonchev–Trinajstić information content (AvgIpc) is 3.10. The van der Waals surface area contributed by atoms with Gasteiger partial charge in [0.25, 0.3) is 10.0 Å². The summed E-state index contributed by atoms with van der Waals surface area (Å²) < 4.78 is 28.1. The minimum absolute atomic E-state index is 0.132. The number of halogens is 1. The number of rotatable bonds is 6. The Kier molecular flexibility index (Phi) is 5.07. The number of hydrogen-bond donors (Lipinski definition) is 2. The number of H-pyrrole nitrogens is 1. The lowest BCUT2D eigenvalue weighted by molar-refractivity contribution is 0.601. The Morgan fingerprint density at radius 3 is 2.54 bits per heavy atom. The molecule has 0 bridgehead atoms. The van der Waals surface area contributed by atoms with Crippen molar-refractivity contribution in [2.75, 3.05) is 4.72 Å². The van der Waals surface area contributed by atoms with Crippen LogP contribution in [0.3, 0.4) is 0 Å². The lowest BCUT2D eigenvalue weighted by atomic mass is 10.1. The third-order valence-electron chi connectivity index (χ3n) is 4.44. The quantitative estimate of drug-likeness (QED) is 0.478. The van der Waals surface area contributed by atoms with Crippen molar-refractivity contribution in [3.63, 3.8) is 0 Å². The molecular weight excluding hydrogens is 394 g/mol. The van der Waals surface area contributed by atoms with Crippen LogP contribution in [0.1, 0.15) is 11.4 Å². The van der Waals surface area contributed by atoms with E-state index in [1.807, 2.05) is 36.4 Å². The van der Waals surface area contributed by atoms with Gasteiger partial charge in [-0.3, -0.25) is 4.72 Å². The van der Waals surface area contributed by atoms with Crippen molar-refractivity contribution in [3.05, 3.63) is 89.2 Å². The maximum atomic E-state index is 12.7. The monoisotopic (exact) mass is 411 g/mol. The highest BCUT2D eigenvalue weighted by molar-refractivity contribution is 7.92. The van der Waals surface area contributed by atoms with Crippen LogP contribution in [0.4, 0.5) is 5.69 Å². The van der Waals surface area contributed by atoms with Gasteiger partial charge in [0.15, 0.2) is 0 Å². The van der Waals surface area contributed by atoms with Gasteiger partial charge >= 0.3 is 0 Å². The zero-order valence-electron chi connectivity index (χ0n) is 14.9. The van der Waals surface area contributed by atoms with Crippen molar-refractivity contribution in [2.45, 2.75) is 17.7 Å². The fourth-order valence-corrected chi connectivity index (χ4v) is 4.45. The molecule has 5 nitrogen and oxygen atoms in total. The van der Waals surface area contributed by atoms with Crippen LogP contribution in [-0.2, 0) is 22.9 Å². The van der Waals surface area contributed by atoms with E-state index in [2.05, 4.69) is 14.7 Å². The predicted octanol–water partition coefficient (Wildman–Crippen LogP) is 4.80. The minimum atomic E-state index is -3.72. The number of anilines is 1. The molecule has 1 aromatic heterocycles. The molecule has 142 valence electrons. The van der Waals surface area contributed by atoms with Crippen LogP contribution in [0, 0.1) is 0 Å². The summed E-state index contributed by atoms with van der Waals surface area (Å²) >= 11 is 5.93. The number of sulfonamides is 1. The number of hydrogen-bond acceptors (Lipinski definition) is 3. The number of para-hydroxylation sites is 3. The van der Waals surface area contributed by atoms with E-state index in [0.29, 0.717) is 23.6 Å². The third kappa shape index (κ3) is 4.03. The largest absolute Gasteiger partial charge is 0.342 e. The van der Waals surface area contributed by atoms with E-state index in [1.54, 1.807) is 24.3 Å². The smallest absolute Gasteiger partial charge is 0.261 e. The zero-order chi connectivity index (χ0) is 19.6. The molecule has 0 saturated carbocycles. The molecule has 0 radical (unpaired) electrons. The van der Waals surface area contributed by atoms with Crippen LogP contribution in [0.5, 0.6) is 0 Å². The number of nitrogens with zero attached hydrogens (tertiary/aromatic N) is 1. The van der Waals surface area contributed by atoms with Crippen molar-refractivity contribution < 1.29 is 8.42 Å². The molecule has 0 atom stereocenters. The number of nitrogens with one attached hydrogen (secondary N) is 2. The fourth-order valence-electron chi connectivity index (χ4n) is 3.05. The molecule has 0 aliphatic heterocycles. The maximum absolute atomic E-state index is 12.7. The Balaban J connectivity index is 1.55. The average molecular weight is 412 g/mol. The SMILES string of the molecule is O=S(=O)(Nc1ccccc1CCc1nc2ccccc2[nH]1)c1cccc(Cl)c1. The van der Waals surface area contributed by atoms with Crippen LogP contribution in [0.15, 0.2) is 77.7 Å². The van der Waals surface area contributed by atoms with Crippen LogP contribution < -0.4 is 4.72 Å². The first-order chi connectivity index (χ1) is 13.5. The second kappa shape index (κ2) is 7.66.